The predicted octanol–water partition coefficient (Wildman–Crippen LogP) is 4.81. The van der Waals surface area contributed by atoms with Gasteiger partial charge in [0.2, 0.25) is 0 Å². The van der Waals surface area contributed by atoms with E-state index in [0.29, 0.717) is 5.92 Å². The maximum Gasteiger partial charge on any atom is 0.490 e. The Balaban J connectivity index is 0.000000405. The molecule has 0 saturated carbocycles. The molecule has 0 bridgehead atoms. The fourth-order valence-electron chi connectivity index (χ4n) is 4.21. The van der Waals surface area contributed by atoms with E-state index in [1.807, 2.05) is 47.2 Å². The first-order valence-corrected chi connectivity index (χ1v) is 11.6. The largest absolute Gasteiger partial charge is 0.497 e. The molecular formula is C26H26F3N5O3. The molecule has 1 N–H and O–H groups in total. The number of benzene rings is 1. The number of alkyl halides is 3. The highest BCUT2D eigenvalue weighted by atomic mass is 19.4. The second-order valence-electron chi connectivity index (χ2n) is 8.66. The summed E-state index contributed by atoms with van der Waals surface area (Å²) in [5.41, 5.74) is 4.35. The van der Waals surface area contributed by atoms with Crippen LogP contribution in [-0.2, 0) is 11.3 Å². The van der Waals surface area contributed by atoms with Crippen molar-refractivity contribution in [1.29, 1.82) is 0 Å². The van der Waals surface area contributed by atoms with Gasteiger partial charge < -0.3 is 9.84 Å². The van der Waals surface area contributed by atoms with Crippen LogP contribution in [0.25, 0.3) is 16.8 Å². The third-order valence-electron chi connectivity index (χ3n) is 5.99. The SMILES string of the molecule is COc1cccc(-c2ccc3nc(C4CCCN(Cc5cccnc5)C4)nn3c2)c1.O=C(O)C(F)(F)F. The lowest BCUT2D eigenvalue weighted by atomic mass is 9.97. The molecule has 8 nitrogen and oxygen atoms in total. The van der Waals surface area contributed by atoms with Gasteiger partial charge in [-0.3, -0.25) is 9.88 Å². The first-order chi connectivity index (χ1) is 17.7. The van der Waals surface area contributed by atoms with E-state index in [1.165, 1.54) is 5.56 Å². The molecule has 4 aromatic rings. The number of aliphatic carboxylic acids is 1. The van der Waals surface area contributed by atoms with Crippen LogP contribution in [0.3, 0.4) is 0 Å². The Morgan fingerprint density at radius 2 is 1.97 bits per heavy atom. The third-order valence-corrected chi connectivity index (χ3v) is 5.99. The van der Waals surface area contributed by atoms with Crippen LogP contribution in [0.2, 0.25) is 0 Å². The van der Waals surface area contributed by atoms with E-state index in [1.54, 1.807) is 7.11 Å². The Hall–Kier alpha value is -3.99. The molecule has 1 fully saturated rings. The number of likely N-dealkylation sites (tertiary alicyclic amines) is 1. The quantitative estimate of drug-likeness (QED) is 0.409. The molecule has 5 rings (SSSR count). The zero-order valence-electron chi connectivity index (χ0n) is 20.1. The number of halogens is 3. The van der Waals surface area contributed by atoms with Crippen LogP contribution >= 0.6 is 0 Å². The number of fused-ring (bicyclic) bond motifs is 1. The fourth-order valence-corrected chi connectivity index (χ4v) is 4.21. The molecule has 194 valence electrons. The smallest absolute Gasteiger partial charge is 0.490 e. The Kier molecular flexibility index (Phi) is 8.02. The predicted molar refractivity (Wildman–Crippen MR) is 130 cm³/mol. The Morgan fingerprint density at radius 3 is 2.68 bits per heavy atom. The zero-order valence-corrected chi connectivity index (χ0v) is 20.1. The fraction of sp³-hybridized carbons (Fsp3) is 0.308. The zero-order chi connectivity index (χ0) is 26.4. The molecule has 11 heteroatoms. The highest BCUT2D eigenvalue weighted by Gasteiger charge is 2.38. The molecule has 1 unspecified atom stereocenters. The number of piperidine rings is 1. The van der Waals surface area contributed by atoms with Crippen molar-refractivity contribution in [2.45, 2.75) is 31.5 Å². The molecule has 1 atom stereocenters. The van der Waals surface area contributed by atoms with Gasteiger partial charge in [0.1, 0.15) is 5.75 Å². The van der Waals surface area contributed by atoms with Gasteiger partial charge in [0.05, 0.1) is 7.11 Å². The molecule has 3 aromatic heterocycles. The van der Waals surface area contributed by atoms with Crippen molar-refractivity contribution < 1.29 is 27.8 Å². The summed E-state index contributed by atoms with van der Waals surface area (Å²) in [4.78, 5) is 20.5. The van der Waals surface area contributed by atoms with E-state index < -0.39 is 12.1 Å². The van der Waals surface area contributed by atoms with Crippen molar-refractivity contribution in [3.63, 3.8) is 0 Å². The number of methoxy groups -OCH3 is 1. The highest BCUT2D eigenvalue weighted by Crippen LogP contribution is 2.28. The molecule has 37 heavy (non-hydrogen) atoms. The Morgan fingerprint density at radius 1 is 1.16 bits per heavy atom. The van der Waals surface area contributed by atoms with Gasteiger partial charge in [-0.15, -0.1) is 0 Å². The van der Waals surface area contributed by atoms with Crippen molar-refractivity contribution in [2.24, 2.45) is 0 Å². The lowest BCUT2D eigenvalue weighted by Gasteiger charge is -2.31. The number of carboxylic acid groups (broad SMARTS) is 1. The minimum absolute atomic E-state index is 0.357. The van der Waals surface area contributed by atoms with Gasteiger partial charge >= 0.3 is 12.1 Å². The summed E-state index contributed by atoms with van der Waals surface area (Å²) in [5, 5.41) is 12.0. The topological polar surface area (TPSA) is 92.9 Å². The summed E-state index contributed by atoms with van der Waals surface area (Å²) in [6, 6.07) is 16.4. The van der Waals surface area contributed by atoms with Crippen molar-refractivity contribution in [2.75, 3.05) is 20.2 Å². The molecule has 0 radical (unpaired) electrons. The maximum atomic E-state index is 10.6. The van der Waals surface area contributed by atoms with Crippen LogP contribution in [0.4, 0.5) is 13.2 Å². The van der Waals surface area contributed by atoms with Gasteiger partial charge in [0, 0.05) is 43.2 Å². The van der Waals surface area contributed by atoms with E-state index in [-0.39, 0.29) is 0 Å². The molecule has 1 aliphatic rings. The molecule has 1 saturated heterocycles. The molecule has 0 spiro atoms. The van der Waals surface area contributed by atoms with Crippen LogP contribution in [0.15, 0.2) is 67.1 Å². The first-order valence-electron chi connectivity index (χ1n) is 11.6. The average Bonchev–Trinajstić information content (AvgIpc) is 3.33. The van der Waals surface area contributed by atoms with Crippen molar-refractivity contribution in [3.8, 4) is 16.9 Å². The van der Waals surface area contributed by atoms with Crippen LogP contribution < -0.4 is 4.74 Å². The Labute approximate surface area is 211 Å². The molecular weight excluding hydrogens is 487 g/mol. The number of ether oxygens (including phenoxy) is 1. The normalized spacial score (nSPS) is 16.2. The van der Waals surface area contributed by atoms with Gasteiger partial charge in [-0.2, -0.15) is 18.3 Å². The third kappa shape index (κ3) is 6.82. The number of hydrogen-bond donors (Lipinski definition) is 1. The van der Waals surface area contributed by atoms with Gasteiger partial charge in [0.25, 0.3) is 0 Å². The van der Waals surface area contributed by atoms with Crippen LogP contribution in [0, 0.1) is 0 Å². The second kappa shape index (κ2) is 11.4. The molecule has 4 heterocycles. The van der Waals surface area contributed by atoms with Crippen molar-refractivity contribution in [1.82, 2.24) is 24.5 Å². The van der Waals surface area contributed by atoms with Gasteiger partial charge in [-0.25, -0.2) is 14.3 Å². The Bertz CT molecular complexity index is 1340. The van der Waals surface area contributed by atoms with Crippen molar-refractivity contribution in [3.05, 3.63) is 78.5 Å². The van der Waals surface area contributed by atoms with E-state index >= 15 is 0 Å². The van der Waals surface area contributed by atoms with Crippen LogP contribution in [0.1, 0.15) is 30.1 Å². The van der Waals surface area contributed by atoms with Crippen LogP contribution in [-0.4, -0.2) is 61.9 Å². The summed E-state index contributed by atoms with van der Waals surface area (Å²) < 4.78 is 39.0. The number of rotatable bonds is 5. The molecule has 0 aliphatic carbocycles. The number of carboxylic acids is 1. The monoisotopic (exact) mass is 513 g/mol. The maximum absolute atomic E-state index is 10.6. The summed E-state index contributed by atoms with van der Waals surface area (Å²) in [6.07, 6.45) is 3.03. The number of carbonyl (C=O) groups is 1. The lowest BCUT2D eigenvalue weighted by Crippen LogP contribution is -2.34. The first kappa shape index (κ1) is 26.1. The van der Waals surface area contributed by atoms with E-state index in [9.17, 15) is 13.2 Å². The van der Waals surface area contributed by atoms with E-state index in [4.69, 9.17) is 24.7 Å². The second-order valence-corrected chi connectivity index (χ2v) is 8.66. The standard InChI is InChI=1S/C24H25N5O.C2HF3O2/c1-30-22-8-2-6-19(13-22)20-9-10-23-26-24(27-29(23)17-20)21-7-4-12-28(16-21)15-18-5-3-11-25-14-18;3-2(4,5)1(6)7/h2-3,5-6,8-11,13-14,17,21H,4,7,12,15-16H2,1H3;(H,6,7). The summed E-state index contributed by atoms with van der Waals surface area (Å²) in [5.74, 6) is -0.612. The van der Waals surface area contributed by atoms with E-state index in [0.717, 1.165) is 60.8 Å². The molecule has 0 amide bonds. The summed E-state index contributed by atoms with van der Waals surface area (Å²) in [7, 11) is 1.69. The van der Waals surface area contributed by atoms with Crippen LogP contribution in [0.5, 0.6) is 5.75 Å². The van der Waals surface area contributed by atoms with Crippen molar-refractivity contribution >= 4 is 11.6 Å². The number of pyridine rings is 2. The van der Waals surface area contributed by atoms with E-state index in [2.05, 4.69) is 34.3 Å². The van der Waals surface area contributed by atoms with Gasteiger partial charge in [-0.1, -0.05) is 18.2 Å². The number of hydrogen-bond acceptors (Lipinski definition) is 6. The van der Waals surface area contributed by atoms with Gasteiger partial charge in [0.15, 0.2) is 11.5 Å². The summed E-state index contributed by atoms with van der Waals surface area (Å²) in [6.45, 7) is 3.02. The number of aromatic nitrogens is 4. The number of nitrogens with zero attached hydrogens (tertiary/aromatic N) is 5. The summed E-state index contributed by atoms with van der Waals surface area (Å²) >= 11 is 0. The van der Waals surface area contributed by atoms with Gasteiger partial charge in [-0.05, 0) is 60.8 Å². The lowest BCUT2D eigenvalue weighted by molar-refractivity contribution is -0.192. The highest BCUT2D eigenvalue weighted by molar-refractivity contribution is 5.73. The molecule has 1 aliphatic heterocycles. The minimum atomic E-state index is -5.08. The average molecular weight is 514 g/mol. The molecule has 1 aromatic carbocycles. The minimum Gasteiger partial charge on any atom is -0.497 e.